The fraction of sp³-hybridized carbons (Fsp3) is 0.167. The summed E-state index contributed by atoms with van der Waals surface area (Å²) < 4.78 is 66.2. The molecule has 1 amide bonds. The molecule has 3 aromatic rings. The second kappa shape index (κ2) is 9.89. The quantitative estimate of drug-likeness (QED) is 0.485. The second-order valence-electron chi connectivity index (χ2n) is 6.18. The molecule has 0 aliphatic heterocycles. The fourth-order valence-electron chi connectivity index (χ4n) is 2.38. The monoisotopic (exact) mass is 518 g/mol. The van der Waals surface area contributed by atoms with E-state index >= 15 is 0 Å². The van der Waals surface area contributed by atoms with Gasteiger partial charge in [-0.3, -0.25) is 9.52 Å². The van der Waals surface area contributed by atoms with Crippen LogP contribution in [0, 0.1) is 0 Å². The van der Waals surface area contributed by atoms with Gasteiger partial charge in [0.25, 0.3) is 15.9 Å². The Balaban J connectivity index is 1.75. The van der Waals surface area contributed by atoms with E-state index in [9.17, 15) is 26.4 Å². The molecule has 2 heterocycles. The summed E-state index contributed by atoms with van der Waals surface area (Å²) in [5, 5.41) is 2.51. The minimum Gasteiger partial charge on any atom is -0.350 e. The summed E-state index contributed by atoms with van der Waals surface area (Å²) in [6.45, 7) is 2.15. The molecule has 1 aromatic carbocycles. The van der Waals surface area contributed by atoms with Crippen molar-refractivity contribution in [2.75, 3.05) is 11.3 Å². The van der Waals surface area contributed by atoms with Gasteiger partial charge in [0.1, 0.15) is 11.4 Å². The zero-order valence-electron chi connectivity index (χ0n) is 16.6. The van der Waals surface area contributed by atoms with Gasteiger partial charge in [-0.2, -0.15) is 18.2 Å². The van der Waals surface area contributed by atoms with E-state index in [1.54, 1.807) is 6.92 Å². The molecule has 0 atom stereocenters. The molecule has 174 valence electrons. The molecule has 0 aliphatic rings. The van der Waals surface area contributed by atoms with Crippen molar-refractivity contribution < 1.29 is 26.4 Å². The van der Waals surface area contributed by atoms with Crippen LogP contribution in [0.1, 0.15) is 23.1 Å². The molecule has 2 N–H and O–H groups in total. The predicted octanol–water partition coefficient (Wildman–Crippen LogP) is 3.64. The number of pyridine rings is 1. The summed E-state index contributed by atoms with van der Waals surface area (Å²) >= 11 is 6.53. The van der Waals surface area contributed by atoms with Crippen LogP contribution in [0.4, 0.5) is 18.9 Å². The first-order valence-electron chi connectivity index (χ1n) is 9.00. The van der Waals surface area contributed by atoms with Gasteiger partial charge < -0.3 is 5.32 Å². The van der Waals surface area contributed by atoms with E-state index in [0.29, 0.717) is 17.6 Å². The number of benzene rings is 1. The van der Waals surface area contributed by atoms with Crippen molar-refractivity contribution in [2.24, 2.45) is 0 Å². The van der Waals surface area contributed by atoms with Gasteiger partial charge in [0.2, 0.25) is 5.82 Å². The fourth-order valence-corrected chi connectivity index (χ4v) is 4.33. The van der Waals surface area contributed by atoms with Crippen molar-refractivity contribution in [1.82, 2.24) is 25.3 Å². The van der Waals surface area contributed by atoms with E-state index in [0.717, 1.165) is 23.9 Å². The van der Waals surface area contributed by atoms with Crippen LogP contribution >= 0.6 is 23.4 Å². The number of aromatic nitrogens is 4. The first-order valence-corrected chi connectivity index (χ1v) is 11.7. The molecule has 9 nitrogen and oxygen atoms in total. The molecule has 33 heavy (non-hydrogen) atoms. The number of alkyl halides is 3. The Kier molecular flexibility index (Phi) is 7.39. The Hall–Kier alpha value is -2.97. The highest BCUT2D eigenvalue weighted by Crippen LogP contribution is 2.36. The van der Waals surface area contributed by atoms with Crippen molar-refractivity contribution in [3.05, 3.63) is 59.3 Å². The van der Waals surface area contributed by atoms with E-state index < -0.39 is 37.6 Å². The summed E-state index contributed by atoms with van der Waals surface area (Å²) in [5.74, 6) is -0.532. The van der Waals surface area contributed by atoms with E-state index in [1.165, 1.54) is 24.7 Å². The Morgan fingerprint density at radius 2 is 1.91 bits per heavy atom. The summed E-state index contributed by atoms with van der Waals surface area (Å²) in [4.78, 5) is 27.0. The van der Waals surface area contributed by atoms with E-state index in [1.807, 2.05) is 0 Å². The summed E-state index contributed by atoms with van der Waals surface area (Å²) in [5.41, 5.74) is -1.25. The molecule has 0 radical (unpaired) electrons. The number of hydrogen-bond acceptors (Lipinski definition) is 8. The maximum Gasteiger partial charge on any atom is 0.417 e. The number of nitrogens with zero attached hydrogens (tertiary/aromatic N) is 4. The summed E-state index contributed by atoms with van der Waals surface area (Å²) in [6, 6.07) is 5.08. The van der Waals surface area contributed by atoms with Gasteiger partial charge in [0.15, 0.2) is 5.16 Å². The number of carbonyl (C=O) groups excluding carboxylic acids is 1. The topological polar surface area (TPSA) is 127 Å². The third kappa shape index (κ3) is 6.30. The van der Waals surface area contributed by atoms with E-state index in [-0.39, 0.29) is 16.7 Å². The highest BCUT2D eigenvalue weighted by Gasteiger charge is 2.34. The first-order chi connectivity index (χ1) is 15.5. The molecule has 0 aliphatic carbocycles. The number of nitrogens with one attached hydrogen (secondary N) is 2. The predicted molar refractivity (Wildman–Crippen MR) is 113 cm³/mol. The van der Waals surface area contributed by atoms with Crippen LogP contribution in [0.5, 0.6) is 0 Å². The van der Waals surface area contributed by atoms with Crippen molar-refractivity contribution in [2.45, 2.75) is 28.2 Å². The van der Waals surface area contributed by atoms with Crippen molar-refractivity contribution in [3.8, 4) is 0 Å². The molecule has 0 bridgehead atoms. The van der Waals surface area contributed by atoms with Crippen LogP contribution in [-0.4, -0.2) is 40.8 Å². The SMILES string of the molecule is CCNC(=O)c1ncnc(Sc2ccc(NS(=O)(=O)c3ccc(Cl)c(C(F)(F)F)c3)cn2)n1. The van der Waals surface area contributed by atoms with E-state index in [2.05, 4.69) is 30.0 Å². The zero-order chi connectivity index (χ0) is 24.2. The summed E-state index contributed by atoms with van der Waals surface area (Å²) in [7, 11) is -4.34. The van der Waals surface area contributed by atoms with Crippen LogP contribution in [0.2, 0.25) is 5.02 Å². The molecule has 0 saturated heterocycles. The second-order valence-corrected chi connectivity index (χ2v) is 9.26. The molecule has 15 heteroatoms. The first kappa shape index (κ1) is 24.7. The van der Waals surface area contributed by atoms with Crippen LogP contribution in [-0.2, 0) is 16.2 Å². The Morgan fingerprint density at radius 1 is 1.15 bits per heavy atom. The smallest absolute Gasteiger partial charge is 0.350 e. The molecule has 2 aromatic heterocycles. The molecule has 0 unspecified atom stereocenters. The molecule has 0 fully saturated rings. The van der Waals surface area contributed by atoms with Crippen LogP contribution in [0.3, 0.4) is 0 Å². The highest BCUT2D eigenvalue weighted by atomic mass is 35.5. The lowest BCUT2D eigenvalue weighted by Crippen LogP contribution is -2.25. The molecular weight excluding hydrogens is 505 g/mol. The Labute approximate surface area is 195 Å². The van der Waals surface area contributed by atoms with Crippen LogP contribution in [0.15, 0.2) is 57.9 Å². The minimum atomic E-state index is -4.81. The van der Waals surface area contributed by atoms with Crippen molar-refractivity contribution in [1.29, 1.82) is 0 Å². The van der Waals surface area contributed by atoms with Crippen LogP contribution in [0.25, 0.3) is 0 Å². The number of hydrogen-bond donors (Lipinski definition) is 2. The van der Waals surface area contributed by atoms with Gasteiger partial charge in [0.05, 0.1) is 27.4 Å². The molecule has 0 saturated carbocycles. The number of anilines is 1. The van der Waals surface area contributed by atoms with Gasteiger partial charge in [-0.1, -0.05) is 11.6 Å². The Bertz CT molecular complexity index is 1270. The number of amides is 1. The van der Waals surface area contributed by atoms with Crippen molar-refractivity contribution >= 4 is 45.0 Å². The Morgan fingerprint density at radius 3 is 2.55 bits per heavy atom. The molecular formula is C18H14ClF3N6O3S2. The maximum atomic E-state index is 13.0. The standard InChI is InChI=1S/C18H14ClF3N6O3S2/c1-2-23-16(29)15-25-9-26-17(27-15)32-14-6-3-10(8-24-14)28-33(30,31)11-4-5-13(19)12(7-11)18(20,21)22/h3-9,28H,2H2,1H3,(H,23,29). The van der Waals surface area contributed by atoms with Crippen LogP contribution < -0.4 is 10.0 Å². The lowest BCUT2D eigenvalue weighted by atomic mass is 10.2. The van der Waals surface area contributed by atoms with Gasteiger partial charge in [-0.15, -0.1) is 0 Å². The molecule has 0 spiro atoms. The van der Waals surface area contributed by atoms with Crippen molar-refractivity contribution in [3.63, 3.8) is 0 Å². The zero-order valence-corrected chi connectivity index (χ0v) is 19.0. The maximum absolute atomic E-state index is 13.0. The highest BCUT2D eigenvalue weighted by molar-refractivity contribution is 7.99. The third-order valence-electron chi connectivity index (χ3n) is 3.83. The number of sulfonamides is 1. The average molecular weight is 519 g/mol. The van der Waals surface area contributed by atoms with Gasteiger partial charge in [0, 0.05) is 6.54 Å². The van der Waals surface area contributed by atoms with E-state index in [4.69, 9.17) is 11.6 Å². The number of rotatable bonds is 7. The summed E-state index contributed by atoms with van der Waals surface area (Å²) in [6.07, 6.45) is -2.47. The normalized spacial score (nSPS) is 11.8. The lowest BCUT2D eigenvalue weighted by molar-refractivity contribution is -0.137. The average Bonchev–Trinajstić information content (AvgIpc) is 2.74. The van der Waals surface area contributed by atoms with Gasteiger partial charge in [-0.25, -0.2) is 23.4 Å². The van der Waals surface area contributed by atoms with Gasteiger partial charge in [-0.05, 0) is 49.0 Å². The lowest BCUT2D eigenvalue weighted by Gasteiger charge is -2.12. The number of carbonyl (C=O) groups is 1. The minimum absolute atomic E-state index is 0.0153. The largest absolute Gasteiger partial charge is 0.417 e. The molecule has 3 rings (SSSR count). The van der Waals surface area contributed by atoms with Gasteiger partial charge >= 0.3 is 6.18 Å². The number of halogens is 4. The third-order valence-corrected chi connectivity index (χ3v) is 6.37.